The maximum absolute atomic E-state index is 13.3. The highest BCUT2D eigenvalue weighted by molar-refractivity contribution is 5.92. The van der Waals surface area contributed by atoms with Crippen molar-refractivity contribution in [1.29, 1.82) is 0 Å². The van der Waals surface area contributed by atoms with Crippen LogP contribution in [0.5, 0.6) is 11.5 Å². The monoisotopic (exact) mass is 598 g/mol. The summed E-state index contributed by atoms with van der Waals surface area (Å²) in [5, 5.41) is 0. The van der Waals surface area contributed by atoms with Gasteiger partial charge in [-0.05, 0) is 69.6 Å². The van der Waals surface area contributed by atoms with Gasteiger partial charge in [-0.2, -0.15) is 0 Å². The summed E-state index contributed by atoms with van der Waals surface area (Å²) < 4.78 is 11.7. The minimum absolute atomic E-state index is 0.259. The summed E-state index contributed by atoms with van der Waals surface area (Å²) in [6.07, 6.45) is 7.48. The van der Waals surface area contributed by atoms with Crippen LogP contribution < -0.4 is 9.47 Å². The number of rotatable bonds is 4. The molecule has 9 rings (SSSR count). The molecule has 5 aromatic carbocycles. The number of carbonyl (C=O) groups excluding carboxylic acids is 2. The van der Waals surface area contributed by atoms with E-state index >= 15 is 0 Å². The average molecular weight is 599 g/mol. The first kappa shape index (κ1) is 26.9. The summed E-state index contributed by atoms with van der Waals surface area (Å²) in [6.45, 7) is 2.36. The van der Waals surface area contributed by atoms with Crippen molar-refractivity contribution in [2.75, 3.05) is 0 Å². The highest BCUT2D eigenvalue weighted by atomic mass is 16.5. The second-order valence-corrected chi connectivity index (χ2v) is 12.9. The topological polar surface area (TPSA) is 52.6 Å². The molecule has 2 heterocycles. The number of hydrogen-bond acceptors (Lipinski definition) is 4. The molecule has 0 amide bonds. The van der Waals surface area contributed by atoms with Crippen LogP contribution in [0, 0.1) is 5.41 Å². The third kappa shape index (κ3) is 3.50. The summed E-state index contributed by atoms with van der Waals surface area (Å²) in [5.74, 6) is -0.327. The lowest BCUT2D eigenvalue weighted by Gasteiger charge is -2.47. The van der Waals surface area contributed by atoms with Crippen molar-refractivity contribution in [1.82, 2.24) is 0 Å². The first-order chi connectivity index (χ1) is 22.5. The van der Waals surface area contributed by atoms with Crippen LogP contribution in [0.1, 0.15) is 69.7 Å². The molecule has 0 bridgehead atoms. The van der Waals surface area contributed by atoms with Crippen LogP contribution in [0.15, 0.2) is 140 Å². The molecule has 222 valence electrons. The number of fused-ring (bicyclic) bond motifs is 5. The van der Waals surface area contributed by atoms with Crippen molar-refractivity contribution in [2.45, 2.75) is 30.6 Å². The highest BCUT2D eigenvalue weighted by Crippen LogP contribution is 2.67. The predicted molar refractivity (Wildman–Crippen MR) is 177 cm³/mol. The van der Waals surface area contributed by atoms with Gasteiger partial charge in [0, 0.05) is 16.5 Å². The van der Waals surface area contributed by atoms with Gasteiger partial charge in [0.2, 0.25) is 0 Å². The molecule has 0 spiro atoms. The van der Waals surface area contributed by atoms with E-state index < -0.39 is 17.3 Å². The molecule has 4 nitrogen and oxygen atoms in total. The van der Waals surface area contributed by atoms with Crippen LogP contribution in [0.4, 0.5) is 0 Å². The van der Waals surface area contributed by atoms with Crippen molar-refractivity contribution in [2.24, 2.45) is 5.41 Å². The van der Waals surface area contributed by atoms with Gasteiger partial charge in [-0.1, -0.05) is 122 Å². The number of benzene rings is 5. The van der Waals surface area contributed by atoms with Gasteiger partial charge in [-0.25, -0.2) is 0 Å². The lowest BCUT2D eigenvalue weighted by atomic mass is 9.54. The Kier molecular flexibility index (Phi) is 5.70. The molecule has 0 fully saturated rings. The number of esters is 2. The SMILES string of the molecule is CC12CC=CC=C1c1ccccc1C2(c1ccc2c(c1)C(c1ccccc1)C(=O)O2)c1ccc2c(c1)C(c1ccccc1)C(=O)O2. The van der Waals surface area contributed by atoms with Crippen LogP contribution in [-0.2, 0) is 15.0 Å². The zero-order valence-electron chi connectivity index (χ0n) is 25.3. The zero-order chi connectivity index (χ0) is 31.0. The quantitative estimate of drug-likeness (QED) is 0.154. The van der Waals surface area contributed by atoms with E-state index in [-0.39, 0.29) is 17.4 Å². The Morgan fingerprint density at radius 3 is 1.72 bits per heavy atom. The fraction of sp³-hybridized carbons (Fsp3) is 0.143. The first-order valence-electron chi connectivity index (χ1n) is 15.8. The normalized spacial score (nSPS) is 25.2. The summed E-state index contributed by atoms with van der Waals surface area (Å²) in [6, 6.07) is 41.0. The van der Waals surface area contributed by atoms with Crippen LogP contribution in [0.25, 0.3) is 5.57 Å². The second kappa shape index (κ2) is 9.76. The molecule has 3 unspecified atom stereocenters. The number of hydrogen-bond donors (Lipinski definition) is 0. The van der Waals surface area contributed by atoms with Gasteiger partial charge in [0.15, 0.2) is 0 Å². The van der Waals surface area contributed by atoms with E-state index in [2.05, 4.69) is 73.7 Å². The molecule has 5 aromatic rings. The highest BCUT2D eigenvalue weighted by Gasteiger charge is 2.60. The average Bonchev–Trinajstić information content (AvgIpc) is 3.68. The lowest BCUT2D eigenvalue weighted by Crippen LogP contribution is -2.43. The molecule has 0 N–H and O–H groups in total. The Labute approximate surface area is 267 Å². The predicted octanol–water partition coefficient (Wildman–Crippen LogP) is 8.49. The number of carbonyl (C=O) groups is 2. The van der Waals surface area contributed by atoms with Crippen LogP contribution >= 0.6 is 0 Å². The zero-order valence-corrected chi connectivity index (χ0v) is 25.3. The van der Waals surface area contributed by atoms with Gasteiger partial charge in [-0.3, -0.25) is 9.59 Å². The lowest BCUT2D eigenvalue weighted by molar-refractivity contribution is -0.134. The van der Waals surface area contributed by atoms with Gasteiger partial charge in [-0.15, -0.1) is 0 Å². The molecular formula is C42H30O4. The van der Waals surface area contributed by atoms with E-state index in [0.29, 0.717) is 11.5 Å². The Balaban J connectivity index is 1.33. The largest absolute Gasteiger partial charge is 0.425 e. The Morgan fingerprint density at radius 2 is 1.15 bits per heavy atom. The maximum Gasteiger partial charge on any atom is 0.323 e. The summed E-state index contributed by atoms with van der Waals surface area (Å²) in [4.78, 5) is 26.7. The summed E-state index contributed by atoms with van der Waals surface area (Å²) >= 11 is 0. The van der Waals surface area contributed by atoms with Crippen molar-refractivity contribution in [3.63, 3.8) is 0 Å². The van der Waals surface area contributed by atoms with Crippen molar-refractivity contribution in [3.8, 4) is 11.5 Å². The molecule has 2 aliphatic carbocycles. The van der Waals surface area contributed by atoms with Crippen LogP contribution in [0.2, 0.25) is 0 Å². The van der Waals surface area contributed by atoms with E-state index in [4.69, 9.17) is 9.47 Å². The Morgan fingerprint density at radius 1 is 0.630 bits per heavy atom. The molecule has 0 saturated carbocycles. The molecular weight excluding hydrogens is 568 g/mol. The van der Waals surface area contributed by atoms with E-state index in [1.807, 2.05) is 72.8 Å². The Bertz CT molecular complexity index is 2030. The summed E-state index contributed by atoms with van der Waals surface area (Å²) in [5.41, 5.74) is 8.43. The van der Waals surface area contributed by atoms with Gasteiger partial charge in [0.1, 0.15) is 23.3 Å². The van der Waals surface area contributed by atoms with E-state index in [0.717, 1.165) is 39.8 Å². The van der Waals surface area contributed by atoms with Gasteiger partial charge in [0.25, 0.3) is 0 Å². The van der Waals surface area contributed by atoms with Gasteiger partial charge in [0.05, 0.1) is 5.41 Å². The molecule has 0 aromatic heterocycles. The molecule has 3 atom stereocenters. The maximum atomic E-state index is 13.3. The van der Waals surface area contributed by atoms with Crippen LogP contribution in [-0.4, -0.2) is 11.9 Å². The summed E-state index contributed by atoms with van der Waals surface area (Å²) in [7, 11) is 0. The minimum Gasteiger partial charge on any atom is -0.425 e. The first-order valence-corrected chi connectivity index (χ1v) is 15.8. The molecule has 2 aliphatic heterocycles. The molecule has 4 heteroatoms. The minimum atomic E-state index is -0.649. The van der Waals surface area contributed by atoms with E-state index in [9.17, 15) is 9.59 Å². The molecule has 46 heavy (non-hydrogen) atoms. The smallest absolute Gasteiger partial charge is 0.323 e. The van der Waals surface area contributed by atoms with Gasteiger partial charge >= 0.3 is 11.9 Å². The second-order valence-electron chi connectivity index (χ2n) is 12.9. The van der Waals surface area contributed by atoms with Crippen molar-refractivity contribution < 1.29 is 19.1 Å². The standard InChI is InChI=1S/C42H30O4/c1-41-23-11-10-17-33(41)30-16-8-9-18-34(30)42(41,28-19-21-35-31(24-28)37(39(43)45-35)26-12-4-2-5-13-26)29-20-22-36-32(25-29)38(40(44)46-36)27-14-6-3-7-15-27/h2-22,24-25,37-38H,23H2,1H3. The van der Waals surface area contributed by atoms with E-state index in [1.165, 1.54) is 16.7 Å². The van der Waals surface area contributed by atoms with Crippen LogP contribution in [0.3, 0.4) is 0 Å². The Hall–Kier alpha value is -5.48. The van der Waals surface area contributed by atoms with Crippen molar-refractivity contribution in [3.05, 3.63) is 184 Å². The number of allylic oxidation sites excluding steroid dienone is 4. The fourth-order valence-corrected chi connectivity index (χ4v) is 8.67. The molecule has 0 saturated heterocycles. The van der Waals surface area contributed by atoms with E-state index in [1.54, 1.807) is 0 Å². The number of ether oxygens (including phenoxy) is 2. The molecule has 4 aliphatic rings. The third-order valence-corrected chi connectivity index (χ3v) is 10.6. The third-order valence-electron chi connectivity index (χ3n) is 10.6. The fourth-order valence-electron chi connectivity index (χ4n) is 8.67. The van der Waals surface area contributed by atoms with Crippen molar-refractivity contribution >= 4 is 17.5 Å². The molecule has 0 radical (unpaired) electrons. The van der Waals surface area contributed by atoms with Gasteiger partial charge < -0.3 is 9.47 Å².